The molecule has 0 atom stereocenters. The van der Waals surface area contributed by atoms with Gasteiger partial charge in [0.05, 0.1) is 18.4 Å². The fraction of sp³-hybridized carbons (Fsp3) is 0.364. The Morgan fingerprint density at radius 2 is 2.18 bits per heavy atom. The first kappa shape index (κ1) is 11.9. The van der Waals surface area contributed by atoms with E-state index < -0.39 is 15.9 Å². The molecule has 1 aromatic carbocycles. The van der Waals surface area contributed by atoms with Crippen LogP contribution in [0.1, 0.15) is 22.3 Å². The van der Waals surface area contributed by atoms with Crippen LogP contribution in [0.3, 0.4) is 0 Å². The molecule has 0 unspecified atom stereocenters. The molecule has 0 spiro atoms. The minimum Gasteiger partial charge on any atom is -0.492 e. The third-order valence-corrected chi connectivity index (χ3v) is 3.01. The number of carbonyl (C=O) groups is 1. The number of rotatable bonds is 2. The summed E-state index contributed by atoms with van der Waals surface area (Å²) in [6.07, 6.45) is 2.70. The van der Waals surface area contributed by atoms with Gasteiger partial charge in [-0.25, -0.2) is 13.1 Å². The summed E-state index contributed by atoms with van der Waals surface area (Å²) < 4.78 is 29.4. The molecule has 5 nitrogen and oxygen atoms in total. The van der Waals surface area contributed by atoms with Crippen molar-refractivity contribution in [2.24, 2.45) is 0 Å². The number of hydrogen-bond donors (Lipinski definition) is 1. The van der Waals surface area contributed by atoms with Gasteiger partial charge in [0.1, 0.15) is 5.75 Å². The van der Waals surface area contributed by atoms with E-state index in [2.05, 4.69) is 0 Å². The standard InChI is InChI=1S/C11H13NO4S/c1-17(14,15)12-11(13)9-6-2-4-8-5-3-7-16-10(8)9/h2,4,6H,3,5,7H2,1H3,(H,12,13). The van der Waals surface area contributed by atoms with E-state index in [-0.39, 0.29) is 5.56 Å². The predicted molar refractivity (Wildman–Crippen MR) is 62.6 cm³/mol. The Morgan fingerprint density at radius 3 is 2.88 bits per heavy atom. The van der Waals surface area contributed by atoms with Crippen LogP contribution in [-0.2, 0) is 16.4 Å². The third kappa shape index (κ3) is 2.76. The molecule has 0 aromatic heterocycles. The van der Waals surface area contributed by atoms with E-state index in [1.165, 1.54) is 0 Å². The molecule has 1 amide bonds. The summed E-state index contributed by atoms with van der Waals surface area (Å²) in [7, 11) is -3.55. The second-order valence-electron chi connectivity index (χ2n) is 3.95. The number of sulfonamides is 1. The van der Waals surface area contributed by atoms with Crippen molar-refractivity contribution in [1.29, 1.82) is 0 Å². The van der Waals surface area contributed by atoms with E-state index in [9.17, 15) is 13.2 Å². The fourth-order valence-electron chi connectivity index (χ4n) is 1.79. The van der Waals surface area contributed by atoms with Gasteiger partial charge in [-0.2, -0.15) is 0 Å². The first-order valence-corrected chi connectivity index (χ1v) is 7.13. The van der Waals surface area contributed by atoms with E-state index in [0.29, 0.717) is 12.4 Å². The maximum atomic E-state index is 11.8. The van der Waals surface area contributed by atoms with Gasteiger partial charge in [0.15, 0.2) is 0 Å². The van der Waals surface area contributed by atoms with Gasteiger partial charge in [0, 0.05) is 0 Å². The maximum Gasteiger partial charge on any atom is 0.268 e. The highest BCUT2D eigenvalue weighted by Gasteiger charge is 2.20. The molecule has 17 heavy (non-hydrogen) atoms. The highest BCUT2D eigenvalue weighted by atomic mass is 32.2. The molecule has 2 rings (SSSR count). The summed E-state index contributed by atoms with van der Waals surface area (Å²) in [5, 5.41) is 0. The number of nitrogens with one attached hydrogen (secondary N) is 1. The maximum absolute atomic E-state index is 11.8. The van der Waals surface area contributed by atoms with Crippen molar-refractivity contribution in [2.45, 2.75) is 12.8 Å². The zero-order chi connectivity index (χ0) is 12.5. The number of aryl methyl sites for hydroxylation is 1. The van der Waals surface area contributed by atoms with Gasteiger partial charge in [-0.15, -0.1) is 0 Å². The number of carbonyl (C=O) groups excluding carboxylic acids is 1. The minimum atomic E-state index is -3.55. The second kappa shape index (κ2) is 4.37. The first-order chi connectivity index (χ1) is 7.97. The average molecular weight is 255 g/mol. The lowest BCUT2D eigenvalue weighted by molar-refractivity contribution is 0.0976. The van der Waals surface area contributed by atoms with Gasteiger partial charge in [0.25, 0.3) is 5.91 Å². The van der Waals surface area contributed by atoms with E-state index in [0.717, 1.165) is 24.7 Å². The van der Waals surface area contributed by atoms with Crippen LogP contribution in [0.4, 0.5) is 0 Å². The van der Waals surface area contributed by atoms with Crippen molar-refractivity contribution < 1.29 is 17.9 Å². The van der Waals surface area contributed by atoms with Crippen molar-refractivity contribution in [3.8, 4) is 5.75 Å². The predicted octanol–water partition coefficient (Wildman–Crippen LogP) is 0.701. The Hall–Kier alpha value is -1.56. The summed E-state index contributed by atoms with van der Waals surface area (Å²) in [5.41, 5.74) is 1.21. The molecule has 1 N–H and O–H groups in total. The zero-order valence-corrected chi connectivity index (χ0v) is 10.2. The molecular formula is C11H13NO4S. The first-order valence-electron chi connectivity index (χ1n) is 5.24. The molecule has 1 aromatic rings. The van der Waals surface area contributed by atoms with Crippen molar-refractivity contribution in [2.75, 3.05) is 12.9 Å². The lowest BCUT2D eigenvalue weighted by Crippen LogP contribution is -2.30. The largest absolute Gasteiger partial charge is 0.492 e. The van der Waals surface area contributed by atoms with E-state index in [4.69, 9.17) is 4.74 Å². The summed E-state index contributed by atoms with van der Waals surface area (Å²) in [6.45, 7) is 0.552. The van der Waals surface area contributed by atoms with Gasteiger partial charge in [-0.05, 0) is 24.5 Å². The highest BCUT2D eigenvalue weighted by Crippen LogP contribution is 2.28. The van der Waals surface area contributed by atoms with Crippen molar-refractivity contribution in [3.05, 3.63) is 29.3 Å². The minimum absolute atomic E-state index is 0.271. The molecule has 0 radical (unpaired) electrons. The molecule has 1 aliphatic rings. The number of ether oxygens (including phenoxy) is 1. The normalized spacial score (nSPS) is 14.6. The smallest absolute Gasteiger partial charge is 0.268 e. The second-order valence-corrected chi connectivity index (χ2v) is 5.70. The topological polar surface area (TPSA) is 72.5 Å². The van der Waals surface area contributed by atoms with Crippen LogP contribution in [0.2, 0.25) is 0 Å². The summed E-state index contributed by atoms with van der Waals surface area (Å²) in [6, 6.07) is 5.17. The van der Waals surface area contributed by atoms with Crippen LogP contribution in [0, 0.1) is 0 Å². The van der Waals surface area contributed by atoms with Crippen LogP contribution in [0.5, 0.6) is 5.75 Å². The molecule has 92 valence electrons. The average Bonchev–Trinajstić information content (AvgIpc) is 2.26. The monoisotopic (exact) mass is 255 g/mol. The number of hydrogen-bond acceptors (Lipinski definition) is 4. The molecule has 0 aliphatic carbocycles. The number of para-hydroxylation sites is 1. The fourth-order valence-corrected chi connectivity index (χ4v) is 2.24. The lowest BCUT2D eigenvalue weighted by Gasteiger charge is -2.19. The van der Waals surface area contributed by atoms with Crippen molar-refractivity contribution >= 4 is 15.9 Å². The van der Waals surface area contributed by atoms with E-state index in [1.807, 2.05) is 10.8 Å². The Morgan fingerprint density at radius 1 is 1.41 bits per heavy atom. The van der Waals surface area contributed by atoms with Crippen LogP contribution in [0.15, 0.2) is 18.2 Å². The van der Waals surface area contributed by atoms with Gasteiger partial charge in [-0.3, -0.25) is 4.79 Å². The summed E-state index contributed by atoms with van der Waals surface area (Å²) in [4.78, 5) is 11.8. The van der Waals surface area contributed by atoms with E-state index in [1.54, 1.807) is 12.1 Å². The van der Waals surface area contributed by atoms with Crippen LogP contribution in [-0.4, -0.2) is 27.2 Å². The summed E-state index contributed by atoms with van der Waals surface area (Å²) >= 11 is 0. The van der Waals surface area contributed by atoms with Crippen LogP contribution >= 0.6 is 0 Å². The van der Waals surface area contributed by atoms with Crippen molar-refractivity contribution in [1.82, 2.24) is 4.72 Å². The molecule has 1 heterocycles. The van der Waals surface area contributed by atoms with Gasteiger partial charge < -0.3 is 4.74 Å². The molecule has 0 bridgehead atoms. The Kier molecular flexibility index (Phi) is 3.06. The number of fused-ring (bicyclic) bond motifs is 1. The van der Waals surface area contributed by atoms with Gasteiger partial charge >= 0.3 is 0 Å². The third-order valence-electron chi connectivity index (χ3n) is 2.46. The number of benzene rings is 1. The molecule has 0 saturated heterocycles. The zero-order valence-electron chi connectivity index (χ0n) is 9.39. The SMILES string of the molecule is CS(=O)(=O)NC(=O)c1cccc2c1OCCC2. The van der Waals surface area contributed by atoms with E-state index >= 15 is 0 Å². The quantitative estimate of drug-likeness (QED) is 0.844. The van der Waals surface area contributed by atoms with Crippen molar-refractivity contribution in [3.63, 3.8) is 0 Å². The van der Waals surface area contributed by atoms with Crippen LogP contribution < -0.4 is 9.46 Å². The highest BCUT2D eigenvalue weighted by molar-refractivity contribution is 7.89. The molecule has 0 fully saturated rings. The summed E-state index contributed by atoms with van der Waals surface area (Å²) in [5.74, 6) is -0.147. The molecule has 1 aliphatic heterocycles. The Bertz CT molecular complexity index is 551. The molecule has 0 saturated carbocycles. The van der Waals surface area contributed by atoms with Gasteiger partial charge in [-0.1, -0.05) is 12.1 Å². The molecular weight excluding hydrogens is 242 g/mol. The molecule has 6 heteroatoms. The lowest BCUT2D eigenvalue weighted by atomic mass is 10.0. The Labute approximate surface area is 99.8 Å². The number of amides is 1. The van der Waals surface area contributed by atoms with Crippen LogP contribution in [0.25, 0.3) is 0 Å². The Balaban J connectivity index is 2.36. The van der Waals surface area contributed by atoms with Gasteiger partial charge in [0.2, 0.25) is 10.0 Å².